The smallest absolute Gasteiger partial charge is 0.241 e. The quantitative estimate of drug-likeness (QED) is 0.912. The van der Waals surface area contributed by atoms with E-state index in [2.05, 4.69) is 4.72 Å². The number of amides is 1. The van der Waals surface area contributed by atoms with Crippen molar-refractivity contribution >= 4 is 26.7 Å². The summed E-state index contributed by atoms with van der Waals surface area (Å²) in [7, 11) is -0.546. The fraction of sp³-hybridized carbons (Fsp3) is 0.353. The summed E-state index contributed by atoms with van der Waals surface area (Å²) in [5, 5.41) is 1.81. The Morgan fingerprint density at radius 2 is 1.65 bits per heavy atom. The molecule has 0 aliphatic rings. The molecular weight excluding hydrogens is 312 g/mol. The number of benzene rings is 2. The van der Waals surface area contributed by atoms with Crippen molar-refractivity contribution in [2.45, 2.75) is 24.8 Å². The van der Waals surface area contributed by atoms with Gasteiger partial charge < -0.3 is 4.90 Å². The minimum absolute atomic E-state index is 0.153. The fourth-order valence-electron chi connectivity index (χ4n) is 2.32. The number of likely N-dealkylation sites (N-methyl/N-ethyl adjacent to an activating group) is 1. The van der Waals surface area contributed by atoms with Crippen molar-refractivity contribution in [3.05, 3.63) is 42.5 Å². The SMILES string of the molecule is CC(C)C(NS(=O)(=O)c1ccc2ccccc2c1)C(=O)N(C)C. The maximum absolute atomic E-state index is 12.6. The molecule has 6 heteroatoms. The second kappa shape index (κ2) is 6.68. The van der Waals surface area contributed by atoms with Gasteiger partial charge in [0.25, 0.3) is 0 Å². The Morgan fingerprint density at radius 1 is 1.04 bits per heavy atom. The van der Waals surface area contributed by atoms with Crippen LogP contribution in [0.5, 0.6) is 0 Å². The van der Waals surface area contributed by atoms with Crippen LogP contribution in [0.15, 0.2) is 47.4 Å². The number of nitrogens with zero attached hydrogens (tertiary/aromatic N) is 1. The van der Waals surface area contributed by atoms with Crippen molar-refractivity contribution in [2.24, 2.45) is 5.92 Å². The van der Waals surface area contributed by atoms with E-state index in [0.717, 1.165) is 10.8 Å². The molecule has 23 heavy (non-hydrogen) atoms. The number of sulfonamides is 1. The first-order valence-electron chi connectivity index (χ1n) is 7.44. The molecule has 0 radical (unpaired) electrons. The number of nitrogens with one attached hydrogen (secondary N) is 1. The third-order valence-corrected chi connectivity index (χ3v) is 5.13. The van der Waals surface area contributed by atoms with Crippen LogP contribution in [0.25, 0.3) is 10.8 Å². The van der Waals surface area contributed by atoms with E-state index < -0.39 is 16.1 Å². The van der Waals surface area contributed by atoms with E-state index in [4.69, 9.17) is 0 Å². The predicted molar refractivity (Wildman–Crippen MR) is 91.6 cm³/mol. The largest absolute Gasteiger partial charge is 0.347 e. The van der Waals surface area contributed by atoms with E-state index in [1.807, 2.05) is 38.1 Å². The highest BCUT2D eigenvalue weighted by molar-refractivity contribution is 7.89. The molecule has 0 aliphatic carbocycles. The number of hydrogen-bond acceptors (Lipinski definition) is 3. The van der Waals surface area contributed by atoms with Crippen molar-refractivity contribution in [1.82, 2.24) is 9.62 Å². The van der Waals surface area contributed by atoms with Gasteiger partial charge in [-0.25, -0.2) is 8.42 Å². The Morgan fingerprint density at radius 3 is 2.22 bits per heavy atom. The normalized spacial score (nSPS) is 13.3. The van der Waals surface area contributed by atoms with Crippen molar-refractivity contribution in [2.75, 3.05) is 14.1 Å². The van der Waals surface area contributed by atoms with E-state index >= 15 is 0 Å². The molecule has 1 N–H and O–H groups in total. The predicted octanol–water partition coefficient (Wildman–Crippen LogP) is 2.23. The van der Waals surface area contributed by atoms with Gasteiger partial charge in [0.1, 0.15) is 6.04 Å². The van der Waals surface area contributed by atoms with Gasteiger partial charge in [0.05, 0.1) is 4.90 Å². The molecule has 1 unspecified atom stereocenters. The first kappa shape index (κ1) is 17.4. The lowest BCUT2D eigenvalue weighted by molar-refractivity contribution is -0.131. The summed E-state index contributed by atoms with van der Waals surface area (Å²) in [6.45, 7) is 3.63. The first-order chi connectivity index (χ1) is 10.7. The highest BCUT2D eigenvalue weighted by Crippen LogP contribution is 2.20. The van der Waals surface area contributed by atoms with Crippen molar-refractivity contribution < 1.29 is 13.2 Å². The highest BCUT2D eigenvalue weighted by Gasteiger charge is 2.29. The van der Waals surface area contributed by atoms with Crippen LogP contribution >= 0.6 is 0 Å². The van der Waals surface area contributed by atoms with Crippen LogP contribution in [0.1, 0.15) is 13.8 Å². The summed E-state index contributed by atoms with van der Waals surface area (Å²) in [5.74, 6) is -0.413. The average Bonchev–Trinajstić information content (AvgIpc) is 2.51. The third-order valence-electron chi connectivity index (χ3n) is 3.69. The molecule has 0 saturated heterocycles. The second-order valence-electron chi connectivity index (χ2n) is 6.08. The van der Waals surface area contributed by atoms with Crippen LogP contribution in [-0.4, -0.2) is 39.4 Å². The number of fused-ring (bicyclic) bond motifs is 1. The van der Waals surface area contributed by atoms with E-state index in [1.165, 1.54) is 4.90 Å². The monoisotopic (exact) mass is 334 g/mol. The van der Waals surface area contributed by atoms with Gasteiger partial charge in [0, 0.05) is 14.1 Å². The third kappa shape index (κ3) is 3.89. The molecule has 0 heterocycles. The summed E-state index contributed by atoms with van der Waals surface area (Å²) in [4.78, 5) is 13.8. The number of hydrogen-bond donors (Lipinski definition) is 1. The molecule has 0 aliphatic heterocycles. The topological polar surface area (TPSA) is 66.5 Å². The van der Waals surface area contributed by atoms with Crippen LogP contribution in [0.3, 0.4) is 0 Å². The Hall–Kier alpha value is -1.92. The zero-order valence-corrected chi connectivity index (χ0v) is 14.6. The first-order valence-corrected chi connectivity index (χ1v) is 8.93. The standard InChI is InChI=1S/C17H22N2O3S/c1-12(2)16(17(20)19(3)4)18-23(21,22)15-10-9-13-7-5-6-8-14(13)11-15/h5-12,16,18H,1-4H3. The molecule has 0 bridgehead atoms. The van der Waals surface area contributed by atoms with Gasteiger partial charge in [0.15, 0.2) is 0 Å². The molecule has 1 amide bonds. The summed E-state index contributed by atoms with van der Waals surface area (Å²) >= 11 is 0. The zero-order chi connectivity index (χ0) is 17.2. The minimum Gasteiger partial charge on any atom is -0.347 e. The van der Waals surface area contributed by atoms with Gasteiger partial charge in [-0.05, 0) is 28.8 Å². The van der Waals surface area contributed by atoms with E-state index in [0.29, 0.717) is 0 Å². The summed E-state index contributed by atoms with van der Waals surface area (Å²) < 4.78 is 27.8. The Balaban J connectivity index is 2.37. The lowest BCUT2D eigenvalue weighted by Crippen LogP contribution is -2.49. The van der Waals surface area contributed by atoms with Gasteiger partial charge in [-0.2, -0.15) is 4.72 Å². The van der Waals surface area contributed by atoms with Crippen molar-refractivity contribution in [3.63, 3.8) is 0 Å². The Kier molecular flexibility index (Phi) is 5.06. The molecule has 0 spiro atoms. The van der Waals surface area contributed by atoms with E-state index in [1.54, 1.807) is 32.3 Å². The van der Waals surface area contributed by atoms with Crippen molar-refractivity contribution in [3.8, 4) is 0 Å². The molecular formula is C17H22N2O3S. The van der Waals surface area contributed by atoms with Gasteiger partial charge in [0.2, 0.25) is 15.9 Å². The summed E-state index contributed by atoms with van der Waals surface area (Å²) in [5.41, 5.74) is 0. The van der Waals surface area contributed by atoms with Gasteiger partial charge in [-0.1, -0.05) is 44.2 Å². The van der Waals surface area contributed by atoms with Gasteiger partial charge in [-0.15, -0.1) is 0 Å². The molecule has 5 nitrogen and oxygen atoms in total. The summed E-state index contributed by atoms with van der Waals surface area (Å²) in [6, 6.07) is 11.7. The molecule has 0 fully saturated rings. The molecule has 0 saturated carbocycles. The van der Waals surface area contributed by atoms with Gasteiger partial charge in [-0.3, -0.25) is 4.79 Å². The minimum atomic E-state index is -3.77. The zero-order valence-electron chi connectivity index (χ0n) is 13.8. The van der Waals surface area contributed by atoms with Crippen LogP contribution in [0.2, 0.25) is 0 Å². The van der Waals surface area contributed by atoms with Crippen LogP contribution < -0.4 is 4.72 Å². The average molecular weight is 334 g/mol. The maximum atomic E-state index is 12.6. The molecule has 124 valence electrons. The number of rotatable bonds is 5. The fourth-order valence-corrected chi connectivity index (χ4v) is 3.69. The number of carbonyl (C=O) groups excluding carboxylic acids is 1. The lowest BCUT2D eigenvalue weighted by Gasteiger charge is -2.24. The molecule has 2 aromatic carbocycles. The van der Waals surface area contributed by atoms with Crippen LogP contribution in [0.4, 0.5) is 0 Å². The lowest BCUT2D eigenvalue weighted by atomic mass is 10.0. The maximum Gasteiger partial charge on any atom is 0.241 e. The van der Waals surface area contributed by atoms with Crippen molar-refractivity contribution in [1.29, 1.82) is 0 Å². The highest BCUT2D eigenvalue weighted by atomic mass is 32.2. The van der Waals surface area contributed by atoms with E-state index in [9.17, 15) is 13.2 Å². The Bertz CT molecular complexity index is 813. The van der Waals surface area contributed by atoms with Crippen LogP contribution in [-0.2, 0) is 14.8 Å². The second-order valence-corrected chi connectivity index (χ2v) is 7.80. The molecule has 0 aromatic heterocycles. The van der Waals surface area contributed by atoms with Gasteiger partial charge >= 0.3 is 0 Å². The molecule has 1 atom stereocenters. The molecule has 2 aromatic rings. The molecule has 2 rings (SSSR count). The van der Waals surface area contributed by atoms with E-state index in [-0.39, 0.29) is 16.7 Å². The van der Waals surface area contributed by atoms with Crippen LogP contribution in [0, 0.1) is 5.92 Å². The Labute approximate surface area is 137 Å². The number of carbonyl (C=O) groups is 1. The summed E-state index contributed by atoms with van der Waals surface area (Å²) in [6.07, 6.45) is 0.